The summed E-state index contributed by atoms with van der Waals surface area (Å²) in [5.41, 5.74) is 4.47. The Morgan fingerprint density at radius 3 is 2.43 bits per heavy atom. The normalized spacial score (nSPS) is 17.6. The van der Waals surface area contributed by atoms with E-state index in [1.165, 1.54) is 11.1 Å². The van der Waals surface area contributed by atoms with Gasteiger partial charge in [-0.2, -0.15) is 0 Å². The van der Waals surface area contributed by atoms with Gasteiger partial charge >= 0.3 is 12.1 Å². The van der Waals surface area contributed by atoms with Crippen LogP contribution in [0.4, 0.5) is 4.79 Å². The number of aromatic nitrogens is 1. The maximum absolute atomic E-state index is 12.9. The van der Waals surface area contributed by atoms with Crippen molar-refractivity contribution in [1.29, 1.82) is 0 Å². The molecule has 0 bridgehead atoms. The molecule has 0 saturated carbocycles. The number of likely N-dealkylation sites (tertiary alicyclic amines) is 1. The van der Waals surface area contributed by atoms with Crippen LogP contribution in [0, 0.1) is 0 Å². The summed E-state index contributed by atoms with van der Waals surface area (Å²) in [7, 11) is 0. The van der Waals surface area contributed by atoms with Crippen LogP contribution >= 0.6 is 0 Å². The van der Waals surface area contributed by atoms with Gasteiger partial charge in [0.25, 0.3) is 0 Å². The number of carboxylic acids is 1. The fourth-order valence-electron chi connectivity index (χ4n) is 4.59. The first kappa shape index (κ1) is 18.4. The fraction of sp³-hybridized carbons (Fsp3) is 0.261. The molecule has 2 aromatic carbocycles. The molecule has 2 aliphatic rings. The van der Waals surface area contributed by atoms with Crippen molar-refractivity contribution in [3.8, 4) is 11.1 Å². The van der Waals surface area contributed by atoms with E-state index in [1.54, 1.807) is 4.90 Å². The van der Waals surface area contributed by atoms with Crippen LogP contribution in [0.1, 0.15) is 52.2 Å². The molecule has 1 aliphatic carbocycles. The monoisotopic (exact) mass is 404 g/mol. The summed E-state index contributed by atoms with van der Waals surface area (Å²) in [6.07, 6.45) is 1.99. The summed E-state index contributed by atoms with van der Waals surface area (Å²) in [4.78, 5) is 29.6. The number of fused-ring (bicyclic) bond motifs is 3. The first-order valence-electron chi connectivity index (χ1n) is 9.93. The van der Waals surface area contributed by atoms with E-state index in [0.29, 0.717) is 13.0 Å². The van der Waals surface area contributed by atoms with Gasteiger partial charge in [0.05, 0.1) is 6.04 Å². The SMILES string of the molecule is O=C(O)c1ncoc1C1CCCN1C(=O)OCC1c2ccccc2-c2ccccc21. The maximum atomic E-state index is 12.9. The summed E-state index contributed by atoms with van der Waals surface area (Å²) in [5.74, 6) is -0.992. The van der Waals surface area contributed by atoms with Crippen molar-refractivity contribution < 1.29 is 23.8 Å². The van der Waals surface area contributed by atoms with E-state index in [9.17, 15) is 14.7 Å². The van der Waals surface area contributed by atoms with Crippen molar-refractivity contribution in [2.75, 3.05) is 13.2 Å². The standard InChI is InChI=1S/C23H20N2O5/c26-22(27)20-21(30-13-24-20)19-10-5-11-25(19)23(28)29-12-18-16-8-3-1-6-14(16)15-7-2-4-9-17(15)18/h1-4,6-9,13,18-19H,5,10-12H2,(H,26,27). The summed E-state index contributed by atoms with van der Waals surface area (Å²) < 4.78 is 11.0. The van der Waals surface area contributed by atoms with Gasteiger partial charge in [0.2, 0.25) is 0 Å². The van der Waals surface area contributed by atoms with Crippen LogP contribution in [0.2, 0.25) is 0 Å². The third kappa shape index (κ3) is 2.94. The fourth-order valence-corrected chi connectivity index (χ4v) is 4.59. The molecule has 1 saturated heterocycles. The van der Waals surface area contributed by atoms with E-state index >= 15 is 0 Å². The van der Waals surface area contributed by atoms with E-state index in [-0.39, 0.29) is 24.0 Å². The minimum absolute atomic E-state index is 0.0257. The third-order valence-electron chi connectivity index (χ3n) is 5.92. The van der Waals surface area contributed by atoms with E-state index in [0.717, 1.165) is 23.9 Å². The Kier molecular flexibility index (Phi) is 4.50. The zero-order valence-electron chi connectivity index (χ0n) is 16.2. The number of amides is 1. The van der Waals surface area contributed by atoms with Crippen LogP contribution in [0.3, 0.4) is 0 Å². The zero-order chi connectivity index (χ0) is 20.7. The van der Waals surface area contributed by atoms with Crippen LogP contribution in [0.15, 0.2) is 59.3 Å². The third-order valence-corrected chi connectivity index (χ3v) is 5.92. The van der Waals surface area contributed by atoms with Gasteiger partial charge in [-0.05, 0) is 35.1 Å². The zero-order valence-corrected chi connectivity index (χ0v) is 16.2. The molecule has 1 aliphatic heterocycles. The molecule has 5 rings (SSSR count). The van der Waals surface area contributed by atoms with Crippen LogP contribution < -0.4 is 0 Å². The van der Waals surface area contributed by atoms with Crippen LogP contribution in [0.25, 0.3) is 11.1 Å². The van der Waals surface area contributed by atoms with Gasteiger partial charge in [-0.3, -0.25) is 4.90 Å². The predicted octanol–water partition coefficient (Wildman–Crippen LogP) is 4.46. The van der Waals surface area contributed by atoms with E-state index < -0.39 is 18.1 Å². The highest BCUT2D eigenvalue weighted by atomic mass is 16.6. The van der Waals surface area contributed by atoms with Crippen molar-refractivity contribution in [2.45, 2.75) is 24.8 Å². The van der Waals surface area contributed by atoms with Gasteiger partial charge < -0.3 is 14.3 Å². The van der Waals surface area contributed by atoms with Gasteiger partial charge in [0.1, 0.15) is 6.61 Å². The topological polar surface area (TPSA) is 92.9 Å². The lowest BCUT2D eigenvalue weighted by Gasteiger charge is -2.24. The van der Waals surface area contributed by atoms with Gasteiger partial charge in [0, 0.05) is 12.5 Å². The minimum atomic E-state index is -1.17. The minimum Gasteiger partial charge on any atom is -0.476 e. The molecule has 0 radical (unpaired) electrons. The summed E-state index contributed by atoms with van der Waals surface area (Å²) >= 11 is 0. The molecule has 3 aromatic rings. The van der Waals surface area contributed by atoms with Gasteiger partial charge in [-0.1, -0.05) is 48.5 Å². The van der Waals surface area contributed by atoms with Crippen LogP contribution in [-0.2, 0) is 4.74 Å². The molecule has 7 heteroatoms. The second-order valence-corrected chi connectivity index (χ2v) is 7.53. The highest BCUT2D eigenvalue weighted by Gasteiger charge is 2.37. The van der Waals surface area contributed by atoms with Crippen molar-refractivity contribution in [1.82, 2.24) is 9.88 Å². The number of hydrogen-bond donors (Lipinski definition) is 1. The van der Waals surface area contributed by atoms with Crippen molar-refractivity contribution >= 4 is 12.1 Å². The lowest BCUT2D eigenvalue weighted by Crippen LogP contribution is -2.32. The second-order valence-electron chi connectivity index (χ2n) is 7.53. The molecule has 7 nitrogen and oxygen atoms in total. The lowest BCUT2D eigenvalue weighted by atomic mass is 9.98. The number of carbonyl (C=O) groups is 2. The molecule has 2 heterocycles. The van der Waals surface area contributed by atoms with E-state index in [2.05, 4.69) is 29.2 Å². The average Bonchev–Trinajstić information content (AvgIpc) is 3.49. The Hall–Kier alpha value is -3.61. The number of ether oxygens (including phenoxy) is 1. The van der Waals surface area contributed by atoms with Gasteiger partial charge in [0.15, 0.2) is 17.8 Å². The number of oxazole rings is 1. The highest BCUT2D eigenvalue weighted by molar-refractivity contribution is 5.86. The number of carboxylic acid groups (broad SMARTS) is 1. The molecular formula is C23H20N2O5. The number of rotatable bonds is 4. The smallest absolute Gasteiger partial charge is 0.410 e. The first-order chi connectivity index (χ1) is 14.6. The number of carbonyl (C=O) groups excluding carboxylic acids is 1. The molecule has 1 unspecified atom stereocenters. The van der Waals surface area contributed by atoms with Crippen LogP contribution in [-0.4, -0.2) is 40.2 Å². The Balaban J connectivity index is 1.35. The number of aromatic carboxylic acids is 1. The Morgan fingerprint density at radius 2 is 1.77 bits per heavy atom. The molecule has 1 N–H and O–H groups in total. The van der Waals surface area contributed by atoms with Gasteiger partial charge in [-0.15, -0.1) is 0 Å². The second kappa shape index (κ2) is 7.33. The summed E-state index contributed by atoms with van der Waals surface area (Å²) in [6.45, 7) is 0.708. The molecule has 1 amide bonds. The molecule has 30 heavy (non-hydrogen) atoms. The summed E-state index contributed by atoms with van der Waals surface area (Å²) in [6, 6.07) is 15.8. The van der Waals surface area contributed by atoms with E-state index in [4.69, 9.17) is 9.15 Å². The molecule has 1 fully saturated rings. The summed E-state index contributed by atoms with van der Waals surface area (Å²) in [5, 5.41) is 9.32. The highest BCUT2D eigenvalue weighted by Crippen LogP contribution is 2.44. The maximum Gasteiger partial charge on any atom is 0.410 e. The average molecular weight is 404 g/mol. The van der Waals surface area contributed by atoms with E-state index in [1.807, 2.05) is 24.3 Å². The van der Waals surface area contributed by atoms with Gasteiger partial charge in [-0.25, -0.2) is 14.6 Å². The van der Waals surface area contributed by atoms with Crippen molar-refractivity contribution in [2.24, 2.45) is 0 Å². The molecule has 1 aromatic heterocycles. The molecular weight excluding hydrogens is 384 g/mol. The quantitative estimate of drug-likeness (QED) is 0.690. The van der Waals surface area contributed by atoms with Crippen LogP contribution in [0.5, 0.6) is 0 Å². The first-order valence-corrected chi connectivity index (χ1v) is 9.93. The largest absolute Gasteiger partial charge is 0.476 e. The van der Waals surface area contributed by atoms with Crippen molar-refractivity contribution in [3.63, 3.8) is 0 Å². The Bertz CT molecular complexity index is 1080. The Labute approximate surface area is 172 Å². The molecule has 152 valence electrons. The van der Waals surface area contributed by atoms with Crippen molar-refractivity contribution in [3.05, 3.63) is 77.5 Å². The Morgan fingerprint density at radius 1 is 1.10 bits per heavy atom. The molecule has 1 atom stereocenters. The number of hydrogen-bond acceptors (Lipinski definition) is 5. The molecule has 0 spiro atoms. The number of benzene rings is 2. The predicted molar refractivity (Wildman–Crippen MR) is 107 cm³/mol. The number of nitrogens with zero attached hydrogens (tertiary/aromatic N) is 2. The lowest BCUT2D eigenvalue weighted by molar-refractivity contribution is 0.0678.